The van der Waals surface area contributed by atoms with Gasteiger partial charge in [-0.2, -0.15) is 0 Å². The highest BCUT2D eigenvalue weighted by Crippen LogP contribution is 2.17. The van der Waals surface area contributed by atoms with Crippen molar-refractivity contribution in [3.8, 4) is 0 Å². The standard InChI is InChI=1S/C10H14N2O5S/c1-6-8(2-3-17-6)12-18(15,16)7-4-9(10(13)14)11-5-7/h4-6,8,11-12H,2-3H2,1H3,(H,13,14). The normalized spacial score (nSPS) is 24.3. The summed E-state index contributed by atoms with van der Waals surface area (Å²) in [5, 5.41) is 8.72. The van der Waals surface area contributed by atoms with Crippen LogP contribution < -0.4 is 4.72 Å². The molecule has 0 saturated carbocycles. The zero-order valence-corrected chi connectivity index (χ0v) is 10.5. The maximum Gasteiger partial charge on any atom is 0.352 e. The van der Waals surface area contributed by atoms with Crippen LogP contribution in [0.25, 0.3) is 0 Å². The Bertz CT molecular complexity index is 550. The number of carbonyl (C=O) groups is 1. The molecule has 2 heterocycles. The third kappa shape index (κ3) is 2.55. The summed E-state index contributed by atoms with van der Waals surface area (Å²) >= 11 is 0. The fourth-order valence-corrected chi connectivity index (χ4v) is 3.14. The molecule has 2 rings (SSSR count). The average Bonchev–Trinajstić information content (AvgIpc) is 2.88. The average molecular weight is 274 g/mol. The van der Waals surface area contributed by atoms with Crippen molar-refractivity contribution < 1.29 is 23.1 Å². The number of ether oxygens (including phenoxy) is 1. The summed E-state index contributed by atoms with van der Waals surface area (Å²) in [4.78, 5) is 13.0. The van der Waals surface area contributed by atoms with Gasteiger partial charge in [0.25, 0.3) is 0 Å². The van der Waals surface area contributed by atoms with E-state index in [4.69, 9.17) is 9.84 Å². The Morgan fingerprint density at radius 3 is 2.83 bits per heavy atom. The second kappa shape index (κ2) is 4.71. The van der Waals surface area contributed by atoms with Crippen molar-refractivity contribution in [3.05, 3.63) is 18.0 Å². The van der Waals surface area contributed by atoms with Crippen molar-refractivity contribution in [2.45, 2.75) is 30.4 Å². The van der Waals surface area contributed by atoms with E-state index in [2.05, 4.69) is 9.71 Å². The summed E-state index contributed by atoms with van der Waals surface area (Å²) in [6, 6.07) is 0.809. The number of sulfonamides is 1. The van der Waals surface area contributed by atoms with Gasteiger partial charge in [0.1, 0.15) is 10.6 Å². The molecule has 8 heteroatoms. The Labute approximate surface area is 104 Å². The second-order valence-corrected chi connectivity index (χ2v) is 5.86. The van der Waals surface area contributed by atoms with Crippen molar-refractivity contribution >= 4 is 16.0 Å². The molecule has 1 fully saturated rings. The number of carboxylic acids is 1. The molecule has 2 atom stereocenters. The molecule has 7 nitrogen and oxygen atoms in total. The van der Waals surface area contributed by atoms with Crippen LogP contribution in [0.5, 0.6) is 0 Å². The molecular weight excluding hydrogens is 260 g/mol. The molecule has 0 spiro atoms. The van der Waals surface area contributed by atoms with Gasteiger partial charge in [-0.15, -0.1) is 0 Å². The van der Waals surface area contributed by atoms with Crippen molar-refractivity contribution in [2.75, 3.05) is 6.61 Å². The van der Waals surface area contributed by atoms with Crippen LogP contribution in [0.4, 0.5) is 0 Å². The molecule has 2 unspecified atom stereocenters. The SMILES string of the molecule is CC1OCCC1NS(=O)(=O)c1c[nH]c(C(=O)O)c1. The van der Waals surface area contributed by atoms with E-state index in [0.29, 0.717) is 13.0 Å². The molecule has 18 heavy (non-hydrogen) atoms. The van der Waals surface area contributed by atoms with Gasteiger partial charge < -0.3 is 14.8 Å². The Morgan fingerprint density at radius 1 is 1.61 bits per heavy atom. The minimum atomic E-state index is -3.71. The van der Waals surface area contributed by atoms with E-state index in [1.54, 1.807) is 6.92 Å². The first kappa shape index (κ1) is 13.1. The fourth-order valence-electron chi connectivity index (χ4n) is 1.81. The van der Waals surface area contributed by atoms with Crippen LogP contribution >= 0.6 is 0 Å². The molecule has 0 amide bonds. The zero-order chi connectivity index (χ0) is 13.3. The number of nitrogens with one attached hydrogen (secondary N) is 2. The van der Waals surface area contributed by atoms with Crippen molar-refractivity contribution in [1.29, 1.82) is 0 Å². The van der Waals surface area contributed by atoms with Gasteiger partial charge in [-0.25, -0.2) is 17.9 Å². The van der Waals surface area contributed by atoms with E-state index >= 15 is 0 Å². The minimum absolute atomic E-state index is 0.0843. The molecular formula is C10H14N2O5S. The Hall–Kier alpha value is -1.38. The number of carboxylic acid groups (broad SMARTS) is 1. The monoisotopic (exact) mass is 274 g/mol. The summed E-state index contributed by atoms with van der Waals surface area (Å²) < 4.78 is 31.7. The number of rotatable bonds is 4. The van der Waals surface area contributed by atoms with Crippen molar-refractivity contribution in [1.82, 2.24) is 9.71 Å². The van der Waals surface area contributed by atoms with Gasteiger partial charge >= 0.3 is 5.97 Å². The molecule has 0 aliphatic carbocycles. The summed E-state index contributed by atoms with van der Waals surface area (Å²) in [7, 11) is -3.71. The van der Waals surface area contributed by atoms with Crippen molar-refractivity contribution in [2.24, 2.45) is 0 Å². The first-order chi connectivity index (χ1) is 8.40. The lowest BCUT2D eigenvalue weighted by Crippen LogP contribution is -2.38. The Balaban J connectivity index is 2.17. The predicted molar refractivity (Wildman–Crippen MR) is 61.9 cm³/mol. The molecule has 3 N–H and O–H groups in total. The lowest BCUT2D eigenvalue weighted by Gasteiger charge is -2.15. The number of aromatic amines is 1. The van der Waals surface area contributed by atoms with Gasteiger partial charge in [0.05, 0.1) is 12.1 Å². The summed E-state index contributed by atoms with van der Waals surface area (Å²) in [5.74, 6) is -1.20. The molecule has 1 aromatic heterocycles. The van der Waals surface area contributed by atoms with Gasteiger partial charge in [0.2, 0.25) is 10.0 Å². The minimum Gasteiger partial charge on any atom is -0.477 e. The third-order valence-electron chi connectivity index (χ3n) is 2.88. The summed E-state index contributed by atoms with van der Waals surface area (Å²) in [6.07, 6.45) is 1.58. The van der Waals surface area contributed by atoms with Gasteiger partial charge in [-0.3, -0.25) is 0 Å². The quantitative estimate of drug-likeness (QED) is 0.725. The van der Waals surface area contributed by atoms with Crippen LogP contribution in [-0.2, 0) is 14.8 Å². The third-order valence-corrected chi connectivity index (χ3v) is 4.35. The van der Waals surface area contributed by atoms with Crippen LogP contribution in [0, 0.1) is 0 Å². The van der Waals surface area contributed by atoms with Crippen LogP contribution in [0.1, 0.15) is 23.8 Å². The zero-order valence-electron chi connectivity index (χ0n) is 9.71. The topological polar surface area (TPSA) is 108 Å². The summed E-state index contributed by atoms with van der Waals surface area (Å²) in [5.41, 5.74) is -0.161. The molecule has 0 bridgehead atoms. The van der Waals surface area contributed by atoms with E-state index < -0.39 is 16.0 Å². The first-order valence-corrected chi connectivity index (χ1v) is 6.94. The van der Waals surface area contributed by atoms with Gasteiger partial charge in [-0.05, 0) is 19.4 Å². The van der Waals surface area contributed by atoms with E-state index in [0.717, 1.165) is 12.3 Å². The van der Waals surface area contributed by atoms with Crippen LogP contribution in [0.15, 0.2) is 17.2 Å². The molecule has 1 aromatic rings. The largest absolute Gasteiger partial charge is 0.477 e. The molecule has 0 radical (unpaired) electrons. The molecule has 1 aliphatic heterocycles. The van der Waals surface area contributed by atoms with E-state index in [9.17, 15) is 13.2 Å². The van der Waals surface area contributed by atoms with E-state index in [-0.39, 0.29) is 22.7 Å². The van der Waals surface area contributed by atoms with Gasteiger partial charge in [-0.1, -0.05) is 0 Å². The number of hydrogen-bond donors (Lipinski definition) is 3. The number of H-pyrrole nitrogens is 1. The highest BCUT2D eigenvalue weighted by Gasteiger charge is 2.29. The first-order valence-electron chi connectivity index (χ1n) is 5.46. The molecule has 100 valence electrons. The van der Waals surface area contributed by atoms with Crippen LogP contribution in [0.3, 0.4) is 0 Å². The molecule has 1 saturated heterocycles. The highest BCUT2D eigenvalue weighted by atomic mass is 32.2. The van der Waals surface area contributed by atoms with Gasteiger partial charge in [0, 0.05) is 12.8 Å². The van der Waals surface area contributed by atoms with E-state index in [1.807, 2.05) is 0 Å². The maximum absolute atomic E-state index is 12.0. The smallest absolute Gasteiger partial charge is 0.352 e. The van der Waals surface area contributed by atoms with Crippen LogP contribution in [0.2, 0.25) is 0 Å². The number of aromatic nitrogens is 1. The Kier molecular flexibility index (Phi) is 3.42. The predicted octanol–water partition coefficient (Wildman–Crippen LogP) is 0.169. The fraction of sp³-hybridized carbons (Fsp3) is 0.500. The number of hydrogen-bond acceptors (Lipinski definition) is 4. The van der Waals surface area contributed by atoms with Gasteiger partial charge in [0.15, 0.2) is 0 Å². The number of aromatic carboxylic acids is 1. The van der Waals surface area contributed by atoms with Crippen molar-refractivity contribution in [3.63, 3.8) is 0 Å². The highest BCUT2D eigenvalue weighted by molar-refractivity contribution is 7.89. The second-order valence-electron chi connectivity index (χ2n) is 4.15. The molecule has 1 aliphatic rings. The summed E-state index contributed by atoms with van der Waals surface area (Å²) in [6.45, 7) is 2.31. The lowest BCUT2D eigenvalue weighted by molar-refractivity contribution is 0.0691. The lowest BCUT2D eigenvalue weighted by atomic mass is 10.2. The van der Waals surface area contributed by atoms with E-state index in [1.165, 1.54) is 0 Å². The Morgan fingerprint density at radius 2 is 2.33 bits per heavy atom. The van der Waals surface area contributed by atoms with Crippen LogP contribution in [-0.4, -0.2) is 43.2 Å². The molecule has 0 aromatic carbocycles. The maximum atomic E-state index is 12.0.